The molecule has 2 saturated heterocycles. The van der Waals surface area contributed by atoms with Crippen molar-refractivity contribution in [2.45, 2.75) is 18.0 Å². The number of benzene rings is 2. The van der Waals surface area contributed by atoms with Gasteiger partial charge in [-0.1, -0.05) is 6.92 Å². The van der Waals surface area contributed by atoms with Crippen molar-refractivity contribution in [2.75, 3.05) is 82.7 Å². The number of carboxylic acids is 1. The molecule has 2 aliphatic heterocycles. The molecule has 4 rings (SSSR count). The smallest absolute Gasteiger partial charge is 0.490 e. The van der Waals surface area contributed by atoms with Gasteiger partial charge in [0.1, 0.15) is 0 Å². The summed E-state index contributed by atoms with van der Waals surface area (Å²) >= 11 is 0. The van der Waals surface area contributed by atoms with E-state index in [1.165, 1.54) is 26.4 Å². The van der Waals surface area contributed by atoms with Crippen LogP contribution in [0.4, 0.5) is 24.5 Å². The van der Waals surface area contributed by atoms with Gasteiger partial charge < -0.3 is 34.6 Å². The summed E-state index contributed by atoms with van der Waals surface area (Å²) in [5, 5.41) is 10.4. The Morgan fingerprint density at radius 2 is 1.56 bits per heavy atom. The molecule has 0 saturated carbocycles. The molecule has 2 aliphatic rings. The van der Waals surface area contributed by atoms with Crippen molar-refractivity contribution in [2.24, 2.45) is 0 Å². The third-order valence-corrected chi connectivity index (χ3v) is 8.32. The molecule has 16 heteroatoms. The van der Waals surface area contributed by atoms with E-state index in [0.717, 1.165) is 51.5 Å². The monoisotopic (exact) mass is 631 g/mol. The summed E-state index contributed by atoms with van der Waals surface area (Å²) in [6.07, 6.45) is -5.08. The number of methoxy groups -OCH3 is 2. The molecule has 0 atom stereocenters. The normalized spacial score (nSPS) is 16.1. The summed E-state index contributed by atoms with van der Waals surface area (Å²) in [6.45, 7) is 9.10. The largest absolute Gasteiger partial charge is 0.493 e. The molecule has 1 amide bonds. The SMILES string of the molecule is CCN1CCN(C(=O)c2ccc(N3CCNCC3)c(NS(=O)(=O)c3ccc(OC)c(OC)c3)c2)CC1.O=C(O)C(F)(F)F. The fourth-order valence-electron chi connectivity index (χ4n) is 4.57. The van der Waals surface area contributed by atoms with Crippen LogP contribution in [0.3, 0.4) is 0 Å². The van der Waals surface area contributed by atoms with Gasteiger partial charge in [-0.05, 0) is 36.9 Å². The number of sulfonamides is 1. The number of carbonyl (C=O) groups is 2. The highest BCUT2D eigenvalue weighted by Gasteiger charge is 2.38. The number of ether oxygens (including phenoxy) is 2. The lowest BCUT2D eigenvalue weighted by atomic mass is 10.1. The number of hydrogen-bond acceptors (Lipinski definition) is 9. The van der Waals surface area contributed by atoms with Gasteiger partial charge in [0.2, 0.25) is 0 Å². The molecule has 43 heavy (non-hydrogen) atoms. The van der Waals surface area contributed by atoms with Crippen molar-refractivity contribution in [3.63, 3.8) is 0 Å². The lowest BCUT2D eigenvalue weighted by Gasteiger charge is -2.34. The Balaban J connectivity index is 0.000000646. The van der Waals surface area contributed by atoms with Crippen LogP contribution in [-0.2, 0) is 14.8 Å². The molecule has 2 aromatic carbocycles. The molecule has 238 valence electrons. The number of alkyl halides is 3. The zero-order valence-corrected chi connectivity index (χ0v) is 24.9. The number of nitrogens with zero attached hydrogens (tertiary/aromatic N) is 3. The molecule has 12 nitrogen and oxygen atoms in total. The Morgan fingerprint density at radius 3 is 2.09 bits per heavy atom. The molecule has 3 N–H and O–H groups in total. The number of aliphatic carboxylic acids is 1. The van der Waals surface area contributed by atoms with Crippen LogP contribution in [0, 0.1) is 0 Å². The van der Waals surface area contributed by atoms with Crippen LogP contribution >= 0.6 is 0 Å². The molecule has 2 heterocycles. The summed E-state index contributed by atoms with van der Waals surface area (Å²) in [5.41, 5.74) is 1.58. The third-order valence-electron chi connectivity index (χ3n) is 6.96. The Morgan fingerprint density at radius 1 is 0.953 bits per heavy atom. The van der Waals surface area contributed by atoms with Gasteiger partial charge >= 0.3 is 12.1 Å². The zero-order chi connectivity index (χ0) is 31.8. The number of likely N-dealkylation sites (N-methyl/N-ethyl adjacent to an activating group) is 1. The van der Waals surface area contributed by atoms with Crippen LogP contribution in [0.2, 0.25) is 0 Å². The van der Waals surface area contributed by atoms with Crippen LogP contribution in [0.15, 0.2) is 41.3 Å². The summed E-state index contributed by atoms with van der Waals surface area (Å²) < 4.78 is 71.8. The Hall–Kier alpha value is -3.76. The molecule has 0 unspecified atom stereocenters. The number of carboxylic acid groups (broad SMARTS) is 1. The number of hydrogen-bond donors (Lipinski definition) is 3. The van der Waals surface area contributed by atoms with E-state index in [-0.39, 0.29) is 10.8 Å². The lowest BCUT2D eigenvalue weighted by molar-refractivity contribution is -0.192. The first-order chi connectivity index (χ1) is 20.3. The van der Waals surface area contributed by atoms with Crippen molar-refractivity contribution < 1.29 is 45.8 Å². The van der Waals surface area contributed by atoms with Crippen LogP contribution < -0.4 is 24.4 Å². The number of rotatable bonds is 8. The first kappa shape index (κ1) is 33.7. The molecule has 0 spiro atoms. The number of amides is 1. The third kappa shape index (κ3) is 8.87. The van der Waals surface area contributed by atoms with Gasteiger partial charge in [-0.15, -0.1) is 0 Å². The van der Waals surface area contributed by atoms with Crippen molar-refractivity contribution in [1.82, 2.24) is 15.1 Å². The second-order valence-electron chi connectivity index (χ2n) is 9.62. The highest BCUT2D eigenvalue weighted by molar-refractivity contribution is 7.92. The van der Waals surface area contributed by atoms with E-state index in [9.17, 15) is 26.4 Å². The maximum atomic E-state index is 13.4. The average Bonchev–Trinajstić information content (AvgIpc) is 3.00. The van der Waals surface area contributed by atoms with E-state index >= 15 is 0 Å². The Kier molecular flexibility index (Phi) is 11.5. The second kappa shape index (κ2) is 14.6. The van der Waals surface area contributed by atoms with E-state index in [2.05, 4.69) is 26.8 Å². The van der Waals surface area contributed by atoms with Gasteiger partial charge in [-0.25, -0.2) is 13.2 Å². The molecule has 0 aliphatic carbocycles. The highest BCUT2D eigenvalue weighted by atomic mass is 32.2. The topological polar surface area (TPSA) is 141 Å². The predicted octanol–water partition coefficient (Wildman–Crippen LogP) is 2.33. The number of halogens is 3. The zero-order valence-electron chi connectivity index (χ0n) is 24.1. The van der Waals surface area contributed by atoms with Crippen molar-refractivity contribution in [1.29, 1.82) is 0 Å². The van der Waals surface area contributed by atoms with Gasteiger partial charge in [-0.3, -0.25) is 9.52 Å². The maximum Gasteiger partial charge on any atom is 0.490 e. The quantitative estimate of drug-likeness (QED) is 0.398. The second-order valence-corrected chi connectivity index (χ2v) is 11.3. The highest BCUT2D eigenvalue weighted by Crippen LogP contribution is 2.33. The summed E-state index contributed by atoms with van der Waals surface area (Å²) in [6, 6.07) is 9.74. The number of anilines is 2. The van der Waals surface area contributed by atoms with Crippen LogP contribution in [0.5, 0.6) is 11.5 Å². The van der Waals surface area contributed by atoms with E-state index in [0.29, 0.717) is 35.8 Å². The molecular weight excluding hydrogens is 595 g/mol. The minimum absolute atomic E-state index is 0.0406. The van der Waals surface area contributed by atoms with Crippen molar-refractivity contribution in [3.8, 4) is 11.5 Å². The van der Waals surface area contributed by atoms with Crippen molar-refractivity contribution >= 4 is 33.3 Å². The van der Waals surface area contributed by atoms with E-state index in [1.807, 2.05) is 11.0 Å². The molecule has 0 radical (unpaired) electrons. The van der Waals surface area contributed by atoms with Gasteiger partial charge in [0.25, 0.3) is 15.9 Å². The molecular formula is C27H36F3N5O7S. The number of carbonyl (C=O) groups excluding carboxylic acids is 1. The summed E-state index contributed by atoms with van der Waals surface area (Å²) in [4.78, 5) is 28.5. The summed E-state index contributed by atoms with van der Waals surface area (Å²) in [7, 11) is -1.02. The molecule has 2 fully saturated rings. The number of piperazine rings is 2. The molecule has 2 aromatic rings. The first-order valence-electron chi connectivity index (χ1n) is 13.5. The first-order valence-corrected chi connectivity index (χ1v) is 14.9. The van der Waals surface area contributed by atoms with Gasteiger partial charge in [0.05, 0.1) is 30.5 Å². The number of nitrogens with one attached hydrogen (secondary N) is 2. The van der Waals surface area contributed by atoms with Crippen LogP contribution in [0.25, 0.3) is 0 Å². The minimum Gasteiger partial charge on any atom is -0.493 e. The van der Waals surface area contributed by atoms with Gasteiger partial charge in [-0.2, -0.15) is 13.2 Å². The standard InChI is InChI=1S/C25H35N5O5S.C2HF3O2/c1-4-28-13-15-30(16-14-28)25(31)19-5-7-22(29-11-9-26-10-12-29)21(17-19)27-36(32,33)20-6-8-23(34-2)24(18-20)35-3;3-2(4,5)1(6)7/h5-8,17-18,26-27H,4,9-16H2,1-3H3;(H,6,7). The van der Waals surface area contributed by atoms with Crippen molar-refractivity contribution in [3.05, 3.63) is 42.0 Å². The fourth-order valence-corrected chi connectivity index (χ4v) is 5.65. The Bertz CT molecular complexity index is 1380. The average molecular weight is 632 g/mol. The fraction of sp³-hybridized carbons (Fsp3) is 0.481. The Labute approximate surface area is 248 Å². The van der Waals surface area contributed by atoms with Gasteiger partial charge in [0, 0.05) is 64.0 Å². The van der Waals surface area contributed by atoms with Gasteiger partial charge in [0.15, 0.2) is 11.5 Å². The van der Waals surface area contributed by atoms with E-state index < -0.39 is 22.2 Å². The minimum atomic E-state index is -5.08. The van der Waals surface area contributed by atoms with Crippen LogP contribution in [-0.4, -0.2) is 114 Å². The molecule has 0 aromatic heterocycles. The predicted molar refractivity (Wildman–Crippen MR) is 154 cm³/mol. The maximum absolute atomic E-state index is 13.4. The summed E-state index contributed by atoms with van der Waals surface area (Å²) in [5.74, 6) is -2.09. The molecule has 0 bridgehead atoms. The van der Waals surface area contributed by atoms with E-state index in [1.54, 1.807) is 18.2 Å². The van der Waals surface area contributed by atoms with Crippen LogP contribution in [0.1, 0.15) is 17.3 Å². The van der Waals surface area contributed by atoms with E-state index in [4.69, 9.17) is 19.4 Å². The lowest BCUT2D eigenvalue weighted by Crippen LogP contribution is -2.48.